The molecule has 1 aromatic heterocycles. The second-order valence-electron chi connectivity index (χ2n) is 5.97. The minimum absolute atomic E-state index is 0.255. The van der Waals surface area contributed by atoms with Crippen LogP contribution in [0.15, 0.2) is 36.4 Å². The van der Waals surface area contributed by atoms with E-state index in [2.05, 4.69) is 32.2 Å². The maximum absolute atomic E-state index is 12.2. The molecule has 2 aromatic rings. The molecule has 25 heavy (non-hydrogen) atoms. The van der Waals surface area contributed by atoms with E-state index in [1.54, 1.807) is 12.1 Å². The van der Waals surface area contributed by atoms with Gasteiger partial charge in [-0.15, -0.1) is 10.2 Å². The Labute approximate surface area is 152 Å². The van der Waals surface area contributed by atoms with Gasteiger partial charge in [-0.1, -0.05) is 36.7 Å². The van der Waals surface area contributed by atoms with Gasteiger partial charge in [-0.05, 0) is 30.3 Å². The third-order valence-corrected chi connectivity index (χ3v) is 4.79. The van der Waals surface area contributed by atoms with E-state index in [0.29, 0.717) is 17.3 Å². The Balaban J connectivity index is 1.56. The van der Waals surface area contributed by atoms with Crippen molar-refractivity contribution in [1.82, 2.24) is 20.4 Å². The summed E-state index contributed by atoms with van der Waals surface area (Å²) in [5, 5.41) is 11.8. The molecule has 0 radical (unpaired) electrons. The van der Waals surface area contributed by atoms with Crippen molar-refractivity contribution in [2.45, 2.75) is 13.5 Å². The molecule has 0 atom stereocenters. The fourth-order valence-electron chi connectivity index (χ4n) is 2.82. The molecule has 1 saturated heterocycles. The minimum atomic E-state index is -0.255. The summed E-state index contributed by atoms with van der Waals surface area (Å²) in [5.41, 5.74) is 1.18. The molecule has 0 unspecified atom stereocenters. The number of piperazine rings is 1. The third-order valence-electron chi connectivity index (χ3n) is 4.42. The summed E-state index contributed by atoms with van der Waals surface area (Å²) in [4.78, 5) is 16.8. The lowest BCUT2D eigenvalue weighted by molar-refractivity contribution is 0.0945. The van der Waals surface area contributed by atoms with Crippen LogP contribution < -0.4 is 10.2 Å². The van der Waals surface area contributed by atoms with Gasteiger partial charge in [-0.25, -0.2) is 0 Å². The van der Waals surface area contributed by atoms with Crippen molar-refractivity contribution in [2.24, 2.45) is 0 Å². The monoisotopic (exact) mass is 359 g/mol. The van der Waals surface area contributed by atoms with Crippen molar-refractivity contribution < 1.29 is 4.79 Å². The molecule has 2 heterocycles. The SMILES string of the molecule is CCN1CCN(c2ccc(C(=O)NCc3ccccc3Cl)nn2)CC1. The standard InChI is InChI=1S/C18H22ClN5O/c1-2-23-9-11-24(12-10-23)17-8-7-16(21-22-17)18(25)20-13-14-5-3-4-6-15(14)19/h3-8H,2,9-13H2,1H3,(H,20,25). The Kier molecular flexibility index (Phi) is 5.83. The molecule has 0 saturated carbocycles. The van der Waals surface area contributed by atoms with Gasteiger partial charge in [0.05, 0.1) is 0 Å². The smallest absolute Gasteiger partial charge is 0.272 e. The van der Waals surface area contributed by atoms with Crippen LogP contribution in [0.4, 0.5) is 5.82 Å². The maximum atomic E-state index is 12.2. The predicted molar refractivity (Wildman–Crippen MR) is 99.0 cm³/mol. The van der Waals surface area contributed by atoms with Crippen LogP contribution in [0.2, 0.25) is 5.02 Å². The van der Waals surface area contributed by atoms with Crippen molar-refractivity contribution in [2.75, 3.05) is 37.6 Å². The lowest BCUT2D eigenvalue weighted by atomic mass is 10.2. The predicted octanol–water partition coefficient (Wildman–Crippen LogP) is 2.20. The van der Waals surface area contributed by atoms with Gasteiger partial charge in [-0.3, -0.25) is 4.79 Å². The number of hydrogen-bond donors (Lipinski definition) is 1. The van der Waals surface area contributed by atoms with Gasteiger partial charge in [0.15, 0.2) is 11.5 Å². The topological polar surface area (TPSA) is 61.4 Å². The van der Waals surface area contributed by atoms with Crippen molar-refractivity contribution in [3.63, 3.8) is 0 Å². The molecule has 1 N–H and O–H groups in total. The van der Waals surface area contributed by atoms with Crippen molar-refractivity contribution >= 4 is 23.3 Å². The molecule has 7 heteroatoms. The zero-order valence-corrected chi connectivity index (χ0v) is 15.0. The second-order valence-corrected chi connectivity index (χ2v) is 6.38. The van der Waals surface area contributed by atoms with Crippen LogP contribution in [0, 0.1) is 0 Å². The average Bonchev–Trinajstić information content (AvgIpc) is 2.67. The van der Waals surface area contributed by atoms with Crippen molar-refractivity contribution in [1.29, 1.82) is 0 Å². The van der Waals surface area contributed by atoms with E-state index in [0.717, 1.165) is 44.1 Å². The van der Waals surface area contributed by atoms with Crippen LogP contribution in [-0.2, 0) is 6.54 Å². The van der Waals surface area contributed by atoms with Crippen molar-refractivity contribution in [3.05, 3.63) is 52.7 Å². The highest BCUT2D eigenvalue weighted by Gasteiger charge is 2.17. The first-order valence-corrected chi connectivity index (χ1v) is 8.88. The number of nitrogens with one attached hydrogen (secondary N) is 1. The number of carbonyl (C=O) groups is 1. The summed E-state index contributed by atoms with van der Waals surface area (Å²) >= 11 is 6.09. The number of aromatic nitrogens is 2. The highest BCUT2D eigenvalue weighted by atomic mass is 35.5. The molecular formula is C18H22ClN5O. The molecule has 0 aliphatic carbocycles. The number of hydrogen-bond acceptors (Lipinski definition) is 5. The number of rotatable bonds is 5. The Morgan fingerprint density at radius 2 is 1.88 bits per heavy atom. The van der Waals surface area contributed by atoms with Crippen LogP contribution in [0.25, 0.3) is 0 Å². The normalized spacial score (nSPS) is 15.2. The van der Waals surface area contributed by atoms with E-state index >= 15 is 0 Å². The summed E-state index contributed by atoms with van der Waals surface area (Å²) in [6, 6.07) is 11.0. The quantitative estimate of drug-likeness (QED) is 0.886. The fourth-order valence-corrected chi connectivity index (χ4v) is 3.02. The zero-order valence-electron chi connectivity index (χ0n) is 14.3. The largest absolute Gasteiger partial charge is 0.353 e. The first-order chi connectivity index (χ1) is 12.2. The minimum Gasteiger partial charge on any atom is -0.353 e. The molecular weight excluding hydrogens is 338 g/mol. The third kappa shape index (κ3) is 4.46. The Morgan fingerprint density at radius 3 is 2.52 bits per heavy atom. The van der Waals surface area contributed by atoms with E-state index in [9.17, 15) is 4.79 Å². The Bertz CT molecular complexity index is 714. The Morgan fingerprint density at radius 1 is 1.12 bits per heavy atom. The molecule has 1 amide bonds. The lowest BCUT2D eigenvalue weighted by Gasteiger charge is -2.34. The molecule has 0 bridgehead atoms. The first kappa shape index (κ1) is 17.6. The molecule has 1 aliphatic rings. The van der Waals surface area contributed by atoms with E-state index in [1.807, 2.05) is 24.3 Å². The zero-order chi connectivity index (χ0) is 17.6. The average molecular weight is 360 g/mol. The summed E-state index contributed by atoms with van der Waals surface area (Å²) in [5.74, 6) is 0.563. The van der Waals surface area contributed by atoms with Gasteiger partial charge < -0.3 is 15.1 Å². The summed E-state index contributed by atoms with van der Waals surface area (Å²) < 4.78 is 0. The van der Waals surface area contributed by atoms with Gasteiger partial charge in [0.25, 0.3) is 5.91 Å². The molecule has 1 aromatic carbocycles. The van der Waals surface area contributed by atoms with Gasteiger partial charge in [-0.2, -0.15) is 0 Å². The number of benzene rings is 1. The van der Waals surface area contributed by atoms with Crippen LogP contribution in [0.1, 0.15) is 23.0 Å². The number of halogens is 1. The molecule has 3 rings (SSSR count). The Hall–Kier alpha value is -2.18. The maximum Gasteiger partial charge on any atom is 0.272 e. The highest BCUT2D eigenvalue weighted by Crippen LogP contribution is 2.15. The molecule has 1 aliphatic heterocycles. The van der Waals surface area contributed by atoms with Crippen LogP contribution >= 0.6 is 11.6 Å². The second kappa shape index (κ2) is 8.27. The number of amides is 1. The summed E-state index contributed by atoms with van der Waals surface area (Å²) in [6.07, 6.45) is 0. The number of likely N-dealkylation sites (N-methyl/N-ethyl adjacent to an activating group) is 1. The number of carbonyl (C=O) groups excluding carboxylic acids is 1. The van der Waals surface area contributed by atoms with E-state index in [4.69, 9.17) is 11.6 Å². The van der Waals surface area contributed by atoms with Gasteiger partial charge >= 0.3 is 0 Å². The van der Waals surface area contributed by atoms with E-state index in [1.165, 1.54) is 0 Å². The highest BCUT2D eigenvalue weighted by molar-refractivity contribution is 6.31. The first-order valence-electron chi connectivity index (χ1n) is 8.50. The molecule has 6 nitrogen and oxygen atoms in total. The van der Waals surface area contributed by atoms with Gasteiger partial charge in [0.1, 0.15) is 0 Å². The van der Waals surface area contributed by atoms with E-state index < -0.39 is 0 Å². The fraction of sp³-hybridized carbons (Fsp3) is 0.389. The van der Waals surface area contributed by atoms with Gasteiger partial charge in [0.2, 0.25) is 0 Å². The van der Waals surface area contributed by atoms with E-state index in [-0.39, 0.29) is 5.91 Å². The molecule has 1 fully saturated rings. The number of anilines is 1. The van der Waals surface area contributed by atoms with Crippen LogP contribution in [-0.4, -0.2) is 53.7 Å². The summed E-state index contributed by atoms with van der Waals surface area (Å²) in [6.45, 7) is 7.52. The summed E-state index contributed by atoms with van der Waals surface area (Å²) in [7, 11) is 0. The van der Waals surface area contributed by atoms with Gasteiger partial charge in [0, 0.05) is 37.7 Å². The molecule has 0 spiro atoms. The molecule has 132 valence electrons. The lowest BCUT2D eigenvalue weighted by Crippen LogP contribution is -2.46. The van der Waals surface area contributed by atoms with Crippen LogP contribution in [0.5, 0.6) is 0 Å². The van der Waals surface area contributed by atoms with Crippen molar-refractivity contribution in [3.8, 4) is 0 Å². The number of nitrogens with zero attached hydrogens (tertiary/aromatic N) is 4. The van der Waals surface area contributed by atoms with Crippen LogP contribution in [0.3, 0.4) is 0 Å².